The van der Waals surface area contributed by atoms with Gasteiger partial charge in [0.2, 0.25) is 0 Å². The second-order valence-electron chi connectivity index (χ2n) is 24.5. The zero-order chi connectivity index (χ0) is 46.1. The Hall–Kier alpha value is -5.22. The summed E-state index contributed by atoms with van der Waals surface area (Å²) in [5.41, 5.74) is 25.3. The van der Waals surface area contributed by atoms with Crippen molar-refractivity contribution in [2.24, 2.45) is 0 Å². The number of aryl methyl sites for hydroxylation is 2. The molecule has 0 spiro atoms. The van der Waals surface area contributed by atoms with Crippen LogP contribution in [-0.4, -0.2) is 17.8 Å². The van der Waals surface area contributed by atoms with E-state index < -0.39 is 0 Å². The first kappa shape index (κ1) is 42.2. The topological polar surface area (TPSA) is 9.72 Å². The first-order chi connectivity index (χ1) is 31.3. The van der Waals surface area contributed by atoms with Crippen LogP contribution in [0, 0.1) is 13.8 Å². The molecule has 4 heterocycles. The largest absolute Gasteiger partial charge is 0.335 e. The van der Waals surface area contributed by atoms with Gasteiger partial charge in [0.15, 0.2) is 0 Å². The summed E-state index contributed by atoms with van der Waals surface area (Å²) in [6, 6.07) is 43.6. The van der Waals surface area contributed by atoms with Crippen molar-refractivity contribution in [3.63, 3.8) is 0 Å². The highest BCUT2D eigenvalue weighted by Crippen LogP contribution is 2.65. The number of benzene rings is 6. The third-order valence-corrected chi connectivity index (χ3v) is 18.9. The van der Waals surface area contributed by atoms with Crippen LogP contribution in [0.1, 0.15) is 154 Å². The summed E-state index contributed by atoms with van der Waals surface area (Å²) < 4.78 is 0. The molecule has 3 nitrogen and oxygen atoms in total. The van der Waals surface area contributed by atoms with Gasteiger partial charge in [-0.25, -0.2) is 0 Å². The van der Waals surface area contributed by atoms with E-state index in [4.69, 9.17) is 0 Å². The fourth-order valence-corrected chi connectivity index (χ4v) is 14.9. The van der Waals surface area contributed by atoms with Crippen molar-refractivity contribution in [3.05, 3.63) is 143 Å². The van der Waals surface area contributed by atoms with E-state index in [-0.39, 0.29) is 39.5 Å². The molecule has 0 N–H and O–H groups in total. The third-order valence-electron chi connectivity index (χ3n) is 18.9. The number of anilines is 7. The maximum Gasteiger partial charge on any atom is 0.252 e. The van der Waals surface area contributed by atoms with Gasteiger partial charge in [-0.1, -0.05) is 153 Å². The molecule has 66 heavy (non-hydrogen) atoms. The van der Waals surface area contributed by atoms with Gasteiger partial charge in [0, 0.05) is 50.6 Å². The molecule has 0 bridgehead atoms. The van der Waals surface area contributed by atoms with E-state index in [0.29, 0.717) is 0 Å². The molecule has 4 aliphatic heterocycles. The summed E-state index contributed by atoms with van der Waals surface area (Å²) in [4.78, 5) is 8.50. The molecule has 12 rings (SSSR count). The van der Waals surface area contributed by atoms with E-state index in [2.05, 4.69) is 207 Å². The van der Waals surface area contributed by atoms with Gasteiger partial charge in [-0.05, 0) is 162 Å². The molecule has 6 aromatic rings. The van der Waals surface area contributed by atoms with Gasteiger partial charge in [-0.15, -0.1) is 0 Å². The Balaban J connectivity index is 1.20. The molecule has 4 atom stereocenters. The molecule has 2 aliphatic carbocycles. The minimum absolute atomic E-state index is 0.00493. The Kier molecular flexibility index (Phi) is 8.75. The minimum atomic E-state index is -0.101. The van der Waals surface area contributed by atoms with Crippen LogP contribution in [-0.2, 0) is 21.7 Å². The summed E-state index contributed by atoms with van der Waals surface area (Å²) in [7, 11) is 0. The fourth-order valence-electron chi connectivity index (χ4n) is 14.9. The first-order valence-electron chi connectivity index (χ1n) is 25.5. The van der Waals surface area contributed by atoms with Gasteiger partial charge < -0.3 is 14.7 Å². The van der Waals surface area contributed by atoms with Gasteiger partial charge in [0.25, 0.3) is 6.71 Å². The fraction of sp³-hybridized carbons (Fsp3) is 0.419. The van der Waals surface area contributed by atoms with Crippen LogP contribution in [0.5, 0.6) is 0 Å². The summed E-state index contributed by atoms with van der Waals surface area (Å²) in [5, 5.41) is 0. The molecule has 336 valence electrons. The van der Waals surface area contributed by atoms with Crippen molar-refractivity contribution in [1.82, 2.24) is 0 Å². The Morgan fingerprint density at radius 3 is 1.77 bits per heavy atom. The molecule has 2 fully saturated rings. The van der Waals surface area contributed by atoms with Crippen LogP contribution in [0.3, 0.4) is 0 Å². The third kappa shape index (κ3) is 5.39. The molecule has 0 saturated heterocycles. The maximum atomic E-state index is 2.97. The van der Waals surface area contributed by atoms with Gasteiger partial charge in [-0.3, -0.25) is 0 Å². The van der Waals surface area contributed by atoms with Gasteiger partial charge >= 0.3 is 0 Å². The number of nitrogens with zero attached hydrogens (tertiary/aromatic N) is 3. The van der Waals surface area contributed by atoms with Crippen molar-refractivity contribution in [1.29, 1.82) is 0 Å². The van der Waals surface area contributed by atoms with E-state index in [0.717, 1.165) is 6.42 Å². The molecule has 4 heteroatoms. The van der Waals surface area contributed by atoms with Crippen LogP contribution in [0.4, 0.5) is 39.8 Å². The molecule has 6 aromatic carbocycles. The normalized spacial score (nSPS) is 25.8. The Labute approximate surface area is 396 Å². The lowest BCUT2D eigenvalue weighted by atomic mass is 9.32. The predicted octanol–water partition coefficient (Wildman–Crippen LogP) is 14.7. The molecule has 6 aliphatic rings. The molecule has 4 unspecified atom stereocenters. The molecule has 2 saturated carbocycles. The SMILES string of the molecule is Cc1cc(C)c2c3c1B1c4cc(C(C)(C)C)ccc4N(c4ccc(C(C)(C)C)cc4)c4cc(N5c6ccc(-c7ccccc7)cc6C6(C)CCCCC56C)cc(c41)N3C1(C)CCCCC21C. The lowest BCUT2D eigenvalue weighted by Crippen LogP contribution is -2.65. The summed E-state index contributed by atoms with van der Waals surface area (Å²) >= 11 is 0. The van der Waals surface area contributed by atoms with E-state index >= 15 is 0 Å². The first-order valence-corrected chi connectivity index (χ1v) is 25.5. The molecule has 0 aromatic heterocycles. The smallest absolute Gasteiger partial charge is 0.252 e. The summed E-state index contributed by atoms with van der Waals surface area (Å²) in [6.07, 6.45) is 9.82. The van der Waals surface area contributed by atoms with E-state index in [1.165, 1.54) is 140 Å². The lowest BCUT2D eigenvalue weighted by molar-refractivity contribution is 0.193. The van der Waals surface area contributed by atoms with Gasteiger partial charge in [0.1, 0.15) is 0 Å². The second-order valence-corrected chi connectivity index (χ2v) is 24.5. The van der Waals surface area contributed by atoms with Crippen molar-refractivity contribution in [2.45, 2.75) is 167 Å². The highest BCUT2D eigenvalue weighted by molar-refractivity contribution is 7.00. The number of rotatable bonds is 3. The van der Waals surface area contributed by atoms with E-state index in [1.807, 2.05) is 0 Å². The maximum absolute atomic E-state index is 2.97. The monoisotopic (exact) mass is 868 g/mol. The highest BCUT2D eigenvalue weighted by Gasteiger charge is 2.63. The van der Waals surface area contributed by atoms with Gasteiger partial charge in [0.05, 0.1) is 11.1 Å². The van der Waals surface area contributed by atoms with Crippen molar-refractivity contribution < 1.29 is 0 Å². The number of fused-ring (bicyclic) bond motifs is 10. The van der Waals surface area contributed by atoms with Crippen LogP contribution < -0.4 is 31.1 Å². The average molecular weight is 868 g/mol. The Morgan fingerprint density at radius 1 is 0.485 bits per heavy atom. The second kappa shape index (κ2) is 13.7. The van der Waals surface area contributed by atoms with Crippen molar-refractivity contribution >= 4 is 62.9 Å². The van der Waals surface area contributed by atoms with Crippen LogP contribution in [0.2, 0.25) is 0 Å². The molecule has 0 amide bonds. The Morgan fingerprint density at radius 2 is 1.09 bits per heavy atom. The zero-order valence-electron chi connectivity index (χ0n) is 42.0. The number of hydrogen-bond donors (Lipinski definition) is 0. The van der Waals surface area contributed by atoms with Gasteiger partial charge in [-0.2, -0.15) is 0 Å². The minimum Gasteiger partial charge on any atom is -0.335 e. The van der Waals surface area contributed by atoms with Crippen LogP contribution in [0.25, 0.3) is 11.1 Å². The highest BCUT2D eigenvalue weighted by atomic mass is 15.3. The molecular weight excluding hydrogens is 798 g/mol. The quantitative estimate of drug-likeness (QED) is 0.164. The van der Waals surface area contributed by atoms with E-state index in [1.54, 1.807) is 5.56 Å². The molecular formula is C62H70BN3. The zero-order valence-corrected chi connectivity index (χ0v) is 42.0. The predicted molar refractivity (Wildman–Crippen MR) is 284 cm³/mol. The summed E-state index contributed by atoms with van der Waals surface area (Å²) in [5.74, 6) is 0. The standard InChI is InChI=1S/C62H70BN3/c1-39-34-40(2)54-56-53(39)60(10)31-17-19-33-62(60,12)66(56)52-38-46(65-49-28-22-42(41-20-14-13-15-21-41)35-47(49)59(9)30-16-18-32-61(59,65)11)37-51-55(52)63(54)48-36-44(58(6,7)8)25-29-50(48)64(51)45-26-23-43(24-27-45)57(3,4)5/h13-15,20-29,34-38H,16-19,30-33H2,1-12H3. The van der Waals surface area contributed by atoms with Crippen LogP contribution in [0.15, 0.2) is 109 Å². The lowest BCUT2D eigenvalue weighted by Gasteiger charge is -2.54. The summed E-state index contributed by atoms with van der Waals surface area (Å²) in [6.45, 7) is 29.6. The van der Waals surface area contributed by atoms with Crippen LogP contribution >= 0.6 is 0 Å². The Bertz CT molecular complexity index is 3010. The van der Waals surface area contributed by atoms with Crippen molar-refractivity contribution in [2.75, 3.05) is 14.7 Å². The number of hydrogen-bond acceptors (Lipinski definition) is 3. The van der Waals surface area contributed by atoms with Crippen molar-refractivity contribution in [3.8, 4) is 11.1 Å². The van der Waals surface area contributed by atoms with E-state index in [9.17, 15) is 0 Å². The average Bonchev–Trinajstić information content (AvgIpc) is 3.63. The molecule has 0 radical (unpaired) electrons.